The molecule has 0 spiro atoms. The van der Waals surface area contributed by atoms with Gasteiger partial charge in [-0.15, -0.1) is 11.3 Å². The van der Waals surface area contributed by atoms with Crippen LogP contribution in [-0.2, 0) is 26.3 Å². The van der Waals surface area contributed by atoms with Gasteiger partial charge in [0.25, 0.3) is 0 Å². The van der Waals surface area contributed by atoms with Crippen molar-refractivity contribution in [3.63, 3.8) is 0 Å². The number of pyridine rings is 1. The number of fused-ring (bicyclic) bond motifs is 2. The van der Waals surface area contributed by atoms with Gasteiger partial charge in [0, 0.05) is 88.6 Å². The molecule has 50 heavy (non-hydrogen) atoms. The summed E-state index contributed by atoms with van der Waals surface area (Å²) in [5.41, 5.74) is 1.95. The zero-order chi connectivity index (χ0) is 36.3. The number of benzene rings is 1. The second kappa shape index (κ2) is 18.7. The zero-order valence-electron chi connectivity index (χ0n) is 30.8. The molecule has 0 unspecified atom stereocenters. The minimum atomic E-state index is -0.0558. The Labute approximate surface area is 300 Å². The molecule has 13 heteroatoms. The highest BCUT2D eigenvalue weighted by molar-refractivity contribution is 7.24. The van der Waals surface area contributed by atoms with E-state index in [9.17, 15) is 19.2 Å². The van der Waals surface area contributed by atoms with Crippen LogP contribution in [0.2, 0.25) is 0 Å². The number of amides is 3. The second-order valence-electron chi connectivity index (χ2n) is 14.0. The highest BCUT2D eigenvalue weighted by Gasteiger charge is 2.21. The highest BCUT2D eigenvalue weighted by atomic mass is 32.1. The Morgan fingerprint density at radius 1 is 0.680 bits per heavy atom. The van der Waals surface area contributed by atoms with Crippen LogP contribution in [0.4, 0.5) is 0 Å². The number of aromatic nitrogens is 1. The average molecular weight is 709 g/mol. The fourth-order valence-electron chi connectivity index (χ4n) is 6.14. The van der Waals surface area contributed by atoms with Gasteiger partial charge in [-0.25, -0.2) is 4.98 Å². The SMILES string of the molecule is CCNC(=O)CN1CCN(CC(=O)NCC)CCN(Cc2ccc3c(=O)c4cc(C(C)(C)C)ccc4sc3n2)CCN(CC(=O)NCC)CC1. The van der Waals surface area contributed by atoms with Crippen LogP contribution in [-0.4, -0.2) is 134 Å². The van der Waals surface area contributed by atoms with Crippen LogP contribution < -0.4 is 21.4 Å². The maximum Gasteiger partial charge on any atom is 0.234 e. The molecule has 3 aromatic rings. The summed E-state index contributed by atoms with van der Waals surface area (Å²) in [6.45, 7) is 20.3. The zero-order valence-corrected chi connectivity index (χ0v) is 31.6. The molecule has 0 aliphatic carbocycles. The van der Waals surface area contributed by atoms with Gasteiger partial charge in [-0.1, -0.05) is 26.8 Å². The molecule has 12 nitrogen and oxygen atoms in total. The van der Waals surface area contributed by atoms with Crippen molar-refractivity contribution in [1.82, 2.24) is 40.5 Å². The van der Waals surface area contributed by atoms with E-state index < -0.39 is 0 Å². The van der Waals surface area contributed by atoms with Crippen molar-refractivity contribution in [1.29, 1.82) is 0 Å². The first-order chi connectivity index (χ1) is 23.9. The molecule has 3 N–H and O–H groups in total. The minimum absolute atomic E-state index is 0.00780. The molecule has 1 aliphatic rings. The van der Waals surface area contributed by atoms with Crippen molar-refractivity contribution < 1.29 is 14.4 Å². The van der Waals surface area contributed by atoms with Gasteiger partial charge in [0.1, 0.15) is 4.83 Å². The molecule has 0 bridgehead atoms. The van der Waals surface area contributed by atoms with Gasteiger partial charge in [-0.3, -0.25) is 38.8 Å². The van der Waals surface area contributed by atoms with Gasteiger partial charge in [-0.2, -0.15) is 0 Å². The summed E-state index contributed by atoms with van der Waals surface area (Å²) in [4.78, 5) is 66.0. The molecule has 1 fully saturated rings. The Hall–Kier alpha value is -3.49. The molecule has 1 aromatic carbocycles. The smallest absolute Gasteiger partial charge is 0.234 e. The largest absolute Gasteiger partial charge is 0.355 e. The number of hydrogen-bond acceptors (Lipinski definition) is 10. The monoisotopic (exact) mass is 708 g/mol. The maximum atomic E-state index is 13.6. The molecule has 274 valence electrons. The number of rotatable bonds is 11. The lowest BCUT2D eigenvalue weighted by Crippen LogP contribution is -2.50. The highest BCUT2D eigenvalue weighted by Crippen LogP contribution is 2.29. The third-order valence-corrected chi connectivity index (χ3v) is 10.1. The van der Waals surface area contributed by atoms with Gasteiger partial charge in [0.2, 0.25) is 17.7 Å². The molecule has 0 saturated carbocycles. The van der Waals surface area contributed by atoms with Gasteiger partial charge >= 0.3 is 0 Å². The predicted octanol–water partition coefficient (Wildman–Crippen LogP) is 2.24. The fourth-order valence-corrected chi connectivity index (χ4v) is 7.18. The van der Waals surface area contributed by atoms with Crippen LogP contribution in [0.5, 0.6) is 0 Å². The van der Waals surface area contributed by atoms with E-state index in [0.29, 0.717) is 83.9 Å². The number of carbonyl (C=O) groups excluding carboxylic acids is 3. The molecule has 0 atom stereocenters. The Bertz CT molecular complexity index is 1640. The summed E-state index contributed by atoms with van der Waals surface area (Å²) in [6, 6.07) is 10.0. The molecule has 3 heterocycles. The van der Waals surface area contributed by atoms with Crippen molar-refractivity contribution in [2.45, 2.75) is 53.5 Å². The third kappa shape index (κ3) is 11.5. The summed E-state index contributed by atoms with van der Waals surface area (Å²) in [7, 11) is 0. The van der Waals surface area contributed by atoms with E-state index >= 15 is 0 Å². The number of hydrogen-bond donors (Lipinski definition) is 3. The number of carbonyl (C=O) groups is 3. The summed E-state index contributed by atoms with van der Waals surface area (Å²) in [5.74, 6) is -0.0863. The van der Waals surface area contributed by atoms with Crippen molar-refractivity contribution in [2.75, 3.05) is 91.6 Å². The summed E-state index contributed by atoms with van der Waals surface area (Å²) >= 11 is 1.54. The third-order valence-electron chi connectivity index (χ3n) is 9.00. The van der Waals surface area contributed by atoms with Crippen molar-refractivity contribution in [3.05, 3.63) is 51.8 Å². The van der Waals surface area contributed by atoms with Gasteiger partial charge in [0.05, 0.1) is 30.7 Å². The topological polar surface area (TPSA) is 130 Å². The van der Waals surface area contributed by atoms with Gasteiger partial charge < -0.3 is 16.0 Å². The lowest BCUT2D eigenvalue weighted by Gasteiger charge is -2.33. The van der Waals surface area contributed by atoms with Crippen LogP contribution in [0, 0.1) is 0 Å². The standard InChI is InChI=1S/C37H56N8O4S/c1-7-38-32(46)24-43-16-14-42(15-17-44(25-33(47)39-8-2)19-21-45(20-18-43)26-34(48)40-9-3)23-28-11-12-29-35(49)30-22-27(37(4,5)6)10-13-31(30)50-36(29)41-28/h10-13,22H,7-9,14-21,23-26H2,1-6H3,(H,38,46)(H,39,47)(H,40,48). The molecule has 2 aromatic heterocycles. The number of nitrogens with zero attached hydrogens (tertiary/aromatic N) is 5. The van der Waals surface area contributed by atoms with Crippen molar-refractivity contribution >= 4 is 49.4 Å². The molecular formula is C37H56N8O4S. The van der Waals surface area contributed by atoms with E-state index in [-0.39, 0.29) is 48.2 Å². The Kier molecular flexibility index (Phi) is 14.7. The fraction of sp³-hybridized carbons (Fsp3) is 0.595. The quantitative estimate of drug-likeness (QED) is 0.257. The molecule has 1 aliphatic heterocycles. The van der Waals surface area contributed by atoms with Crippen LogP contribution in [0.1, 0.15) is 52.8 Å². The van der Waals surface area contributed by atoms with Gasteiger partial charge in [0.15, 0.2) is 5.43 Å². The molecule has 3 amide bonds. The van der Waals surface area contributed by atoms with E-state index in [0.717, 1.165) is 26.2 Å². The van der Waals surface area contributed by atoms with E-state index in [1.165, 1.54) is 0 Å². The molecule has 0 radical (unpaired) electrons. The van der Waals surface area contributed by atoms with E-state index in [1.54, 1.807) is 11.3 Å². The number of likely N-dealkylation sites (N-methyl/N-ethyl adjacent to an activating group) is 3. The van der Waals surface area contributed by atoms with Crippen LogP contribution in [0.3, 0.4) is 0 Å². The Morgan fingerprint density at radius 2 is 1.14 bits per heavy atom. The minimum Gasteiger partial charge on any atom is -0.355 e. The Balaban J connectivity index is 1.60. The second-order valence-corrected chi connectivity index (χ2v) is 15.0. The first-order valence-corrected chi connectivity index (χ1v) is 18.8. The van der Waals surface area contributed by atoms with Crippen LogP contribution in [0.15, 0.2) is 35.1 Å². The maximum absolute atomic E-state index is 13.6. The lowest BCUT2D eigenvalue weighted by molar-refractivity contribution is -0.124. The summed E-state index contributed by atoms with van der Waals surface area (Å²) in [5, 5.41) is 10.1. The molecule has 1 saturated heterocycles. The predicted molar refractivity (Wildman–Crippen MR) is 203 cm³/mol. The van der Waals surface area contributed by atoms with Crippen LogP contribution in [0.25, 0.3) is 20.3 Å². The first kappa shape index (κ1) is 39.3. The molecular weight excluding hydrogens is 653 g/mol. The van der Waals surface area contributed by atoms with Crippen molar-refractivity contribution in [3.8, 4) is 0 Å². The normalized spacial score (nSPS) is 16.5. The van der Waals surface area contributed by atoms with E-state index in [2.05, 4.69) is 62.4 Å². The number of nitrogens with one attached hydrogen (secondary N) is 3. The Morgan fingerprint density at radius 3 is 1.58 bits per heavy atom. The first-order valence-electron chi connectivity index (χ1n) is 18.0. The lowest BCUT2D eigenvalue weighted by atomic mass is 9.86. The van der Waals surface area contributed by atoms with E-state index in [4.69, 9.17) is 4.98 Å². The van der Waals surface area contributed by atoms with Crippen molar-refractivity contribution in [2.24, 2.45) is 0 Å². The molecule has 4 rings (SSSR count). The van der Waals surface area contributed by atoms with E-state index in [1.807, 2.05) is 45.0 Å². The van der Waals surface area contributed by atoms with Gasteiger partial charge in [-0.05, 0) is 56.0 Å². The summed E-state index contributed by atoms with van der Waals surface area (Å²) < 4.78 is 0.926. The average Bonchev–Trinajstić information content (AvgIpc) is 3.05. The van der Waals surface area contributed by atoms with Crippen LogP contribution >= 0.6 is 11.3 Å². The summed E-state index contributed by atoms with van der Waals surface area (Å²) in [6.07, 6.45) is 0.